The molecule has 1 unspecified atom stereocenters. The van der Waals surface area contributed by atoms with E-state index in [-0.39, 0.29) is 11.9 Å². The molecule has 0 radical (unpaired) electrons. The van der Waals surface area contributed by atoms with Crippen molar-refractivity contribution in [3.05, 3.63) is 29.8 Å². The summed E-state index contributed by atoms with van der Waals surface area (Å²) in [6.45, 7) is 6.41. The van der Waals surface area contributed by atoms with Crippen LogP contribution in [0.5, 0.6) is 0 Å². The summed E-state index contributed by atoms with van der Waals surface area (Å²) in [5.41, 5.74) is 2.86. The Labute approximate surface area is 121 Å². The van der Waals surface area contributed by atoms with Crippen molar-refractivity contribution in [2.24, 2.45) is 5.41 Å². The summed E-state index contributed by atoms with van der Waals surface area (Å²) < 4.78 is 0. The van der Waals surface area contributed by atoms with E-state index in [0.717, 1.165) is 44.5 Å². The number of hydrogen-bond acceptors (Lipinski definition) is 2. The lowest BCUT2D eigenvalue weighted by Crippen LogP contribution is -2.48. The fourth-order valence-corrected chi connectivity index (χ4v) is 3.18. The zero-order chi connectivity index (χ0) is 14.2. The molecule has 3 nitrogen and oxygen atoms in total. The second kappa shape index (κ2) is 5.12. The smallest absolute Gasteiger partial charge is 0.245 e. The molecule has 1 atom stereocenters. The maximum atomic E-state index is 12.6. The van der Waals surface area contributed by atoms with Crippen molar-refractivity contribution in [2.45, 2.75) is 45.6 Å². The van der Waals surface area contributed by atoms with E-state index in [1.54, 1.807) is 0 Å². The minimum absolute atomic E-state index is 0.0360. The number of para-hydroxylation sites is 1. The molecule has 1 fully saturated rings. The lowest BCUT2D eigenvalue weighted by atomic mass is 9.82. The lowest BCUT2D eigenvalue weighted by Gasteiger charge is -2.39. The molecule has 20 heavy (non-hydrogen) atoms. The number of anilines is 1. The summed E-state index contributed by atoms with van der Waals surface area (Å²) in [7, 11) is 0. The van der Waals surface area contributed by atoms with Crippen LogP contribution in [0.15, 0.2) is 24.3 Å². The van der Waals surface area contributed by atoms with Gasteiger partial charge in [0.1, 0.15) is 6.04 Å². The van der Waals surface area contributed by atoms with Crippen LogP contribution in [0, 0.1) is 5.41 Å². The van der Waals surface area contributed by atoms with E-state index < -0.39 is 0 Å². The highest BCUT2D eigenvalue weighted by Crippen LogP contribution is 2.31. The number of aryl methyl sites for hydroxylation is 1. The number of nitrogens with one attached hydrogen (secondary N) is 1. The van der Waals surface area contributed by atoms with Crippen LogP contribution in [0.25, 0.3) is 0 Å². The first-order valence-corrected chi connectivity index (χ1v) is 7.68. The number of piperidine rings is 1. The first-order valence-electron chi connectivity index (χ1n) is 7.68. The van der Waals surface area contributed by atoms with E-state index in [9.17, 15) is 4.79 Å². The number of carbonyl (C=O) groups is 1. The van der Waals surface area contributed by atoms with E-state index in [1.165, 1.54) is 5.56 Å². The molecule has 0 aromatic heterocycles. The lowest BCUT2D eigenvalue weighted by molar-refractivity contribution is -0.134. The van der Waals surface area contributed by atoms with Gasteiger partial charge in [0.05, 0.1) is 0 Å². The van der Waals surface area contributed by atoms with Gasteiger partial charge < -0.3 is 10.2 Å². The summed E-state index contributed by atoms with van der Waals surface area (Å²) >= 11 is 0. The predicted octanol–water partition coefficient (Wildman–Crippen LogP) is 3.06. The van der Waals surface area contributed by atoms with E-state index in [2.05, 4.69) is 42.3 Å². The molecule has 1 aromatic carbocycles. The predicted molar refractivity (Wildman–Crippen MR) is 81.8 cm³/mol. The Morgan fingerprint density at radius 2 is 1.95 bits per heavy atom. The van der Waals surface area contributed by atoms with E-state index in [1.807, 2.05) is 6.07 Å². The standard InChI is InChI=1S/C17H24N2O/c1-17(2)9-11-19(12-10-17)16(20)15-8-7-13-5-3-4-6-14(13)18-15/h3-6,15,18H,7-12H2,1-2H3. The molecule has 1 amide bonds. The summed E-state index contributed by atoms with van der Waals surface area (Å²) in [4.78, 5) is 14.7. The molecule has 0 aliphatic carbocycles. The number of hydrogen-bond donors (Lipinski definition) is 1. The van der Waals surface area contributed by atoms with Gasteiger partial charge in [-0.2, -0.15) is 0 Å². The van der Waals surface area contributed by atoms with Gasteiger partial charge in [-0.3, -0.25) is 4.79 Å². The molecule has 0 spiro atoms. The first kappa shape index (κ1) is 13.5. The van der Waals surface area contributed by atoms with Crippen molar-refractivity contribution in [1.29, 1.82) is 0 Å². The summed E-state index contributed by atoms with van der Waals surface area (Å²) in [5, 5.41) is 3.42. The minimum atomic E-state index is -0.0360. The quantitative estimate of drug-likeness (QED) is 0.852. The van der Waals surface area contributed by atoms with Crippen LogP contribution in [-0.4, -0.2) is 29.9 Å². The molecule has 0 saturated carbocycles. The van der Waals surface area contributed by atoms with Crippen molar-refractivity contribution >= 4 is 11.6 Å². The average molecular weight is 272 g/mol. The van der Waals surface area contributed by atoms with Gasteiger partial charge in [-0.15, -0.1) is 0 Å². The number of rotatable bonds is 1. The van der Waals surface area contributed by atoms with Crippen LogP contribution in [0.1, 0.15) is 38.7 Å². The van der Waals surface area contributed by atoms with Crippen LogP contribution < -0.4 is 5.32 Å². The molecular formula is C17H24N2O. The second-order valence-electron chi connectivity index (χ2n) is 6.88. The monoisotopic (exact) mass is 272 g/mol. The van der Waals surface area contributed by atoms with Crippen molar-refractivity contribution < 1.29 is 4.79 Å². The van der Waals surface area contributed by atoms with Crippen molar-refractivity contribution in [1.82, 2.24) is 4.90 Å². The van der Waals surface area contributed by atoms with Gasteiger partial charge in [-0.05, 0) is 42.7 Å². The van der Waals surface area contributed by atoms with Gasteiger partial charge in [-0.25, -0.2) is 0 Å². The van der Waals surface area contributed by atoms with Crippen LogP contribution >= 0.6 is 0 Å². The largest absolute Gasteiger partial charge is 0.373 e. The Balaban J connectivity index is 1.65. The normalized spacial score (nSPS) is 24.7. The third-order valence-electron chi connectivity index (χ3n) is 4.78. The Morgan fingerprint density at radius 1 is 1.25 bits per heavy atom. The zero-order valence-corrected chi connectivity index (χ0v) is 12.5. The number of fused-ring (bicyclic) bond motifs is 1. The Morgan fingerprint density at radius 3 is 2.70 bits per heavy atom. The van der Waals surface area contributed by atoms with Crippen molar-refractivity contribution in [3.8, 4) is 0 Å². The van der Waals surface area contributed by atoms with E-state index >= 15 is 0 Å². The third-order valence-corrected chi connectivity index (χ3v) is 4.78. The molecule has 2 heterocycles. The minimum Gasteiger partial charge on any atom is -0.373 e. The van der Waals surface area contributed by atoms with Gasteiger partial charge in [-0.1, -0.05) is 32.0 Å². The SMILES string of the molecule is CC1(C)CCN(C(=O)C2CCc3ccccc3N2)CC1. The van der Waals surface area contributed by atoms with Gasteiger partial charge in [0, 0.05) is 18.8 Å². The number of carbonyl (C=O) groups excluding carboxylic acids is 1. The third kappa shape index (κ3) is 2.67. The molecule has 3 heteroatoms. The van der Waals surface area contributed by atoms with E-state index in [0.29, 0.717) is 5.41 Å². The number of likely N-dealkylation sites (tertiary alicyclic amines) is 1. The number of nitrogens with zero attached hydrogens (tertiary/aromatic N) is 1. The number of benzene rings is 1. The van der Waals surface area contributed by atoms with E-state index in [4.69, 9.17) is 0 Å². The average Bonchev–Trinajstić information content (AvgIpc) is 2.46. The number of amides is 1. The Hall–Kier alpha value is -1.51. The second-order valence-corrected chi connectivity index (χ2v) is 6.88. The van der Waals surface area contributed by atoms with Crippen LogP contribution in [0.2, 0.25) is 0 Å². The van der Waals surface area contributed by atoms with Gasteiger partial charge in [0.2, 0.25) is 5.91 Å². The van der Waals surface area contributed by atoms with Crippen LogP contribution in [0.3, 0.4) is 0 Å². The highest BCUT2D eigenvalue weighted by Gasteiger charge is 2.32. The van der Waals surface area contributed by atoms with Crippen LogP contribution in [0.4, 0.5) is 5.69 Å². The topological polar surface area (TPSA) is 32.3 Å². The molecule has 2 aliphatic rings. The summed E-state index contributed by atoms with van der Waals surface area (Å²) in [6, 6.07) is 8.28. The molecule has 2 aliphatic heterocycles. The van der Waals surface area contributed by atoms with Crippen LogP contribution in [-0.2, 0) is 11.2 Å². The maximum Gasteiger partial charge on any atom is 0.245 e. The Bertz CT molecular complexity index is 499. The van der Waals surface area contributed by atoms with Gasteiger partial charge in [0.15, 0.2) is 0 Å². The molecule has 108 valence electrons. The molecule has 3 rings (SSSR count). The van der Waals surface area contributed by atoms with Gasteiger partial charge in [0.25, 0.3) is 0 Å². The fourth-order valence-electron chi connectivity index (χ4n) is 3.18. The van der Waals surface area contributed by atoms with Crippen molar-refractivity contribution in [3.63, 3.8) is 0 Å². The summed E-state index contributed by atoms with van der Waals surface area (Å²) in [6.07, 6.45) is 4.14. The maximum absolute atomic E-state index is 12.6. The molecule has 0 bridgehead atoms. The molecule has 1 N–H and O–H groups in total. The zero-order valence-electron chi connectivity index (χ0n) is 12.5. The van der Waals surface area contributed by atoms with Crippen molar-refractivity contribution in [2.75, 3.05) is 18.4 Å². The fraction of sp³-hybridized carbons (Fsp3) is 0.588. The first-order chi connectivity index (χ1) is 9.55. The highest BCUT2D eigenvalue weighted by atomic mass is 16.2. The molecule has 1 saturated heterocycles. The van der Waals surface area contributed by atoms with Gasteiger partial charge >= 0.3 is 0 Å². The summed E-state index contributed by atoms with van der Waals surface area (Å²) in [5.74, 6) is 0.287. The highest BCUT2D eigenvalue weighted by molar-refractivity contribution is 5.85. The Kier molecular flexibility index (Phi) is 3.45. The molecule has 1 aromatic rings. The molecular weight excluding hydrogens is 248 g/mol.